The highest BCUT2D eigenvalue weighted by atomic mass is 19.1. The molecule has 1 saturated heterocycles. The number of amides is 1. The van der Waals surface area contributed by atoms with E-state index in [4.69, 9.17) is 4.74 Å². The van der Waals surface area contributed by atoms with Gasteiger partial charge >= 0.3 is 0 Å². The summed E-state index contributed by atoms with van der Waals surface area (Å²) in [5.41, 5.74) is 1.98. The van der Waals surface area contributed by atoms with E-state index >= 15 is 0 Å². The summed E-state index contributed by atoms with van der Waals surface area (Å²) in [4.78, 5) is 24.4. The molecule has 0 radical (unpaired) electrons. The molecule has 0 saturated carbocycles. The van der Waals surface area contributed by atoms with Crippen LogP contribution in [0.15, 0.2) is 42.5 Å². The summed E-state index contributed by atoms with van der Waals surface area (Å²) < 4.78 is 19.1. The molecule has 1 aromatic heterocycles. The van der Waals surface area contributed by atoms with Crippen LogP contribution in [0.4, 0.5) is 4.39 Å². The first kappa shape index (κ1) is 17.5. The third-order valence-corrected chi connectivity index (χ3v) is 4.88. The van der Waals surface area contributed by atoms with Crippen molar-refractivity contribution in [1.82, 2.24) is 19.8 Å². The Morgan fingerprint density at radius 3 is 2.70 bits per heavy atom. The van der Waals surface area contributed by atoms with Gasteiger partial charge in [-0.1, -0.05) is 12.1 Å². The van der Waals surface area contributed by atoms with E-state index in [-0.39, 0.29) is 11.5 Å². The van der Waals surface area contributed by atoms with Crippen molar-refractivity contribution in [2.24, 2.45) is 0 Å². The van der Waals surface area contributed by atoms with Crippen molar-refractivity contribution in [2.45, 2.75) is 6.54 Å². The van der Waals surface area contributed by atoms with E-state index in [1.165, 1.54) is 12.1 Å². The highest BCUT2D eigenvalue weighted by Crippen LogP contribution is 2.20. The third kappa shape index (κ3) is 3.64. The Kier molecular flexibility index (Phi) is 4.77. The summed E-state index contributed by atoms with van der Waals surface area (Å²) in [6.07, 6.45) is 0. The second-order valence-electron chi connectivity index (χ2n) is 6.61. The maximum atomic E-state index is 13.8. The first-order valence-corrected chi connectivity index (χ1v) is 8.93. The maximum absolute atomic E-state index is 13.8. The van der Waals surface area contributed by atoms with Crippen molar-refractivity contribution in [2.75, 3.05) is 33.3 Å². The largest absolute Gasteiger partial charge is 0.497 e. The molecule has 1 amide bonds. The number of rotatable bonds is 4. The molecule has 1 aliphatic rings. The predicted octanol–water partition coefficient (Wildman–Crippen LogP) is 2.67. The lowest BCUT2D eigenvalue weighted by Gasteiger charge is -2.34. The van der Waals surface area contributed by atoms with Gasteiger partial charge in [0.2, 0.25) is 0 Å². The van der Waals surface area contributed by atoms with Gasteiger partial charge in [-0.3, -0.25) is 9.69 Å². The third-order valence-electron chi connectivity index (χ3n) is 4.88. The van der Waals surface area contributed by atoms with Crippen molar-refractivity contribution in [3.63, 3.8) is 0 Å². The Labute approximate surface area is 156 Å². The van der Waals surface area contributed by atoms with Crippen molar-refractivity contribution < 1.29 is 13.9 Å². The Morgan fingerprint density at radius 1 is 1.19 bits per heavy atom. The maximum Gasteiger partial charge on any atom is 0.256 e. The number of nitrogens with one attached hydrogen (secondary N) is 1. The van der Waals surface area contributed by atoms with E-state index in [0.29, 0.717) is 19.6 Å². The number of H-pyrrole nitrogens is 1. The fourth-order valence-corrected chi connectivity index (χ4v) is 3.37. The van der Waals surface area contributed by atoms with Crippen molar-refractivity contribution in [3.05, 3.63) is 59.7 Å². The molecule has 6 nitrogen and oxygen atoms in total. The molecule has 0 unspecified atom stereocenters. The van der Waals surface area contributed by atoms with E-state index in [0.717, 1.165) is 35.7 Å². The van der Waals surface area contributed by atoms with Crippen LogP contribution in [0.3, 0.4) is 0 Å². The second kappa shape index (κ2) is 7.36. The van der Waals surface area contributed by atoms with Gasteiger partial charge in [0, 0.05) is 32.2 Å². The van der Waals surface area contributed by atoms with Gasteiger partial charge in [-0.05, 0) is 24.3 Å². The minimum atomic E-state index is -0.470. The molecule has 7 heteroatoms. The van der Waals surface area contributed by atoms with Crippen LogP contribution in [0.2, 0.25) is 0 Å². The summed E-state index contributed by atoms with van der Waals surface area (Å²) in [5, 5.41) is 0. The standard InChI is InChI=1S/C20H21FN4O2/c1-27-14-6-7-17-18(12-14)23-19(22-17)13-24-8-10-25(11-9-24)20(26)15-4-2-3-5-16(15)21/h2-7,12H,8-11,13H2,1H3,(H,22,23). The molecular weight excluding hydrogens is 347 g/mol. The van der Waals surface area contributed by atoms with Gasteiger partial charge in [0.1, 0.15) is 17.4 Å². The molecule has 0 spiro atoms. The minimum absolute atomic E-state index is 0.136. The van der Waals surface area contributed by atoms with Crippen LogP contribution in [-0.2, 0) is 6.54 Å². The fraction of sp³-hybridized carbons (Fsp3) is 0.300. The number of benzene rings is 2. The molecule has 2 heterocycles. The number of aromatic amines is 1. The molecule has 0 atom stereocenters. The topological polar surface area (TPSA) is 61.5 Å². The molecule has 140 valence electrons. The zero-order valence-electron chi connectivity index (χ0n) is 15.1. The number of hydrogen-bond donors (Lipinski definition) is 1. The number of nitrogens with zero attached hydrogens (tertiary/aromatic N) is 3. The average Bonchev–Trinajstić information content (AvgIpc) is 3.09. The highest BCUT2D eigenvalue weighted by molar-refractivity contribution is 5.94. The van der Waals surface area contributed by atoms with E-state index < -0.39 is 5.82 Å². The predicted molar refractivity (Wildman–Crippen MR) is 100 cm³/mol. The molecule has 1 aliphatic heterocycles. The zero-order chi connectivity index (χ0) is 18.8. The number of hydrogen-bond acceptors (Lipinski definition) is 4. The number of imidazole rings is 1. The number of carbonyl (C=O) groups is 1. The Hall–Kier alpha value is -2.93. The number of methoxy groups -OCH3 is 1. The summed E-state index contributed by atoms with van der Waals surface area (Å²) in [6.45, 7) is 3.27. The number of fused-ring (bicyclic) bond motifs is 1. The summed E-state index contributed by atoms with van der Waals surface area (Å²) in [6, 6.07) is 11.9. The first-order chi connectivity index (χ1) is 13.1. The Balaban J connectivity index is 1.38. The highest BCUT2D eigenvalue weighted by Gasteiger charge is 2.24. The quantitative estimate of drug-likeness (QED) is 0.769. The smallest absolute Gasteiger partial charge is 0.256 e. The zero-order valence-corrected chi connectivity index (χ0v) is 15.1. The van der Waals surface area contributed by atoms with Crippen LogP contribution in [0, 0.1) is 5.82 Å². The monoisotopic (exact) mass is 368 g/mol. The molecular formula is C20H21FN4O2. The average molecular weight is 368 g/mol. The SMILES string of the molecule is COc1ccc2nc(CN3CCN(C(=O)c4ccccc4F)CC3)[nH]c2c1. The number of halogens is 1. The molecule has 27 heavy (non-hydrogen) atoms. The van der Waals surface area contributed by atoms with Crippen LogP contribution in [-0.4, -0.2) is 59.0 Å². The molecule has 0 aliphatic carbocycles. The first-order valence-electron chi connectivity index (χ1n) is 8.93. The summed E-state index contributed by atoms with van der Waals surface area (Å²) in [5.74, 6) is 0.955. The van der Waals surface area contributed by atoms with Crippen LogP contribution in [0.5, 0.6) is 5.75 Å². The van der Waals surface area contributed by atoms with Gasteiger partial charge < -0.3 is 14.6 Å². The van der Waals surface area contributed by atoms with Crippen LogP contribution < -0.4 is 4.74 Å². The van der Waals surface area contributed by atoms with E-state index in [1.807, 2.05) is 18.2 Å². The number of carbonyl (C=O) groups excluding carboxylic acids is 1. The van der Waals surface area contributed by atoms with Crippen molar-refractivity contribution >= 4 is 16.9 Å². The van der Waals surface area contributed by atoms with Gasteiger partial charge in [-0.2, -0.15) is 0 Å². The molecule has 1 fully saturated rings. The molecule has 2 aromatic carbocycles. The molecule has 4 rings (SSSR count). The van der Waals surface area contributed by atoms with E-state index in [1.54, 1.807) is 24.1 Å². The molecule has 1 N–H and O–H groups in total. The minimum Gasteiger partial charge on any atom is -0.497 e. The van der Waals surface area contributed by atoms with Crippen LogP contribution in [0.25, 0.3) is 11.0 Å². The van der Waals surface area contributed by atoms with Gasteiger partial charge in [-0.15, -0.1) is 0 Å². The lowest BCUT2D eigenvalue weighted by atomic mass is 10.1. The number of piperazine rings is 1. The van der Waals surface area contributed by atoms with Gasteiger partial charge in [0.25, 0.3) is 5.91 Å². The van der Waals surface area contributed by atoms with Gasteiger partial charge in [0.15, 0.2) is 0 Å². The second-order valence-corrected chi connectivity index (χ2v) is 6.61. The lowest BCUT2D eigenvalue weighted by molar-refractivity contribution is 0.0621. The van der Waals surface area contributed by atoms with E-state index in [9.17, 15) is 9.18 Å². The summed E-state index contributed by atoms with van der Waals surface area (Å²) in [7, 11) is 1.64. The van der Waals surface area contributed by atoms with Gasteiger partial charge in [0.05, 0.1) is 30.3 Å². The van der Waals surface area contributed by atoms with Crippen molar-refractivity contribution in [3.8, 4) is 5.75 Å². The lowest BCUT2D eigenvalue weighted by Crippen LogP contribution is -2.48. The van der Waals surface area contributed by atoms with Crippen LogP contribution in [0.1, 0.15) is 16.2 Å². The number of ether oxygens (including phenoxy) is 1. The molecule has 3 aromatic rings. The summed E-state index contributed by atoms with van der Waals surface area (Å²) >= 11 is 0. The Bertz CT molecular complexity index is 964. The van der Waals surface area contributed by atoms with E-state index in [2.05, 4.69) is 14.9 Å². The molecule has 0 bridgehead atoms. The number of aromatic nitrogens is 2. The van der Waals surface area contributed by atoms with Crippen LogP contribution >= 0.6 is 0 Å². The van der Waals surface area contributed by atoms with Crippen molar-refractivity contribution in [1.29, 1.82) is 0 Å². The Morgan fingerprint density at radius 2 is 1.96 bits per heavy atom. The van der Waals surface area contributed by atoms with Gasteiger partial charge in [-0.25, -0.2) is 9.37 Å². The fourth-order valence-electron chi connectivity index (χ4n) is 3.37. The normalized spacial score (nSPS) is 15.3.